The van der Waals surface area contributed by atoms with Gasteiger partial charge in [-0.1, -0.05) is 36.0 Å². The number of halogens is 1. The highest BCUT2D eigenvalue weighted by molar-refractivity contribution is 6.33. The molecule has 0 radical (unpaired) electrons. The highest BCUT2D eigenvalue weighted by atomic mass is 35.5. The average molecular weight is 308 g/mol. The molecule has 2 aromatic rings. The second-order valence-electron chi connectivity index (χ2n) is 5.42. The van der Waals surface area contributed by atoms with Crippen molar-refractivity contribution in [3.8, 4) is 11.5 Å². The first-order valence-electron chi connectivity index (χ1n) is 7.09. The Kier molecular flexibility index (Phi) is 3.87. The van der Waals surface area contributed by atoms with E-state index in [2.05, 4.69) is 10.1 Å². The van der Waals surface area contributed by atoms with E-state index in [0.29, 0.717) is 28.0 Å². The Morgan fingerprint density at radius 1 is 1.29 bits per heavy atom. The molecule has 6 heteroatoms. The van der Waals surface area contributed by atoms with Gasteiger partial charge in [0.1, 0.15) is 5.60 Å². The number of aromatic nitrogens is 2. The van der Waals surface area contributed by atoms with Gasteiger partial charge >= 0.3 is 0 Å². The Hall–Kier alpha value is -1.59. The lowest BCUT2D eigenvalue weighted by Gasteiger charge is -2.32. The Labute approximate surface area is 128 Å². The summed E-state index contributed by atoms with van der Waals surface area (Å²) in [6, 6.07) is 5.20. The van der Waals surface area contributed by atoms with Crippen LogP contribution in [0.25, 0.3) is 11.5 Å². The molecule has 1 heterocycles. The highest BCUT2D eigenvalue weighted by Crippen LogP contribution is 2.39. The number of rotatable bonds is 3. The first-order valence-corrected chi connectivity index (χ1v) is 7.47. The fourth-order valence-corrected chi connectivity index (χ4v) is 3.07. The summed E-state index contributed by atoms with van der Waals surface area (Å²) in [6.07, 6.45) is 5.25. The number of benzene rings is 1. The molecule has 1 aliphatic carbocycles. The van der Waals surface area contributed by atoms with Crippen LogP contribution in [0.1, 0.15) is 37.9 Å². The Morgan fingerprint density at radius 3 is 2.76 bits per heavy atom. The molecular weight excluding hydrogens is 290 g/mol. The van der Waals surface area contributed by atoms with Crippen LogP contribution in [0.5, 0.6) is 0 Å². The SMILES string of the molecule is COC1(c2noc(-c3cc(N)ccc3Cl)n2)CCCCC1. The summed E-state index contributed by atoms with van der Waals surface area (Å²) in [7, 11) is 1.70. The van der Waals surface area contributed by atoms with E-state index in [1.54, 1.807) is 25.3 Å². The van der Waals surface area contributed by atoms with Gasteiger partial charge in [0, 0.05) is 12.8 Å². The third-order valence-corrected chi connectivity index (χ3v) is 4.44. The molecule has 1 aromatic heterocycles. The molecule has 5 nitrogen and oxygen atoms in total. The number of methoxy groups -OCH3 is 1. The van der Waals surface area contributed by atoms with Crippen molar-refractivity contribution in [2.24, 2.45) is 0 Å². The van der Waals surface area contributed by atoms with Crippen molar-refractivity contribution in [1.29, 1.82) is 0 Å². The number of nitrogen functional groups attached to an aromatic ring is 1. The predicted octanol–water partition coefficient (Wildman–Crippen LogP) is 3.78. The maximum absolute atomic E-state index is 6.18. The molecule has 0 spiro atoms. The molecule has 0 aliphatic heterocycles. The molecule has 0 bridgehead atoms. The molecular formula is C15H18ClN3O2. The van der Waals surface area contributed by atoms with Gasteiger partial charge in [-0.15, -0.1) is 0 Å². The number of hydrogen-bond acceptors (Lipinski definition) is 5. The van der Waals surface area contributed by atoms with Crippen LogP contribution in [-0.4, -0.2) is 17.3 Å². The molecule has 1 saturated carbocycles. The van der Waals surface area contributed by atoms with E-state index < -0.39 is 5.60 Å². The van der Waals surface area contributed by atoms with Gasteiger partial charge in [0.05, 0.1) is 10.6 Å². The molecule has 0 saturated heterocycles. The molecule has 2 N–H and O–H groups in total. The first-order chi connectivity index (χ1) is 10.1. The lowest BCUT2D eigenvalue weighted by molar-refractivity contribution is -0.0527. The zero-order valence-corrected chi connectivity index (χ0v) is 12.7. The van der Waals surface area contributed by atoms with Gasteiger partial charge < -0.3 is 15.0 Å². The van der Waals surface area contributed by atoms with Crippen molar-refractivity contribution in [2.75, 3.05) is 12.8 Å². The van der Waals surface area contributed by atoms with E-state index in [-0.39, 0.29) is 0 Å². The van der Waals surface area contributed by atoms with Crippen LogP contribution >= 0.6 is 11.6 Å². The van der Waals surface area contributed by atoms with Gasteiger partial charge in [-0.25, -0.2) is 0 Å². The summed E-state index contributed by atoms with van der Waals surface area (Å²) < 4.78 is 11.1. The Morgan fingerprint density at radius 2 is 2.05 bits per heavy atom. The van der Waals surface area contributed by atoms with E-state index in [4.69, 9.17) is 26.6 Å². The summed E-state index contributed by atoms with van der Waals surface area (Å²) >= 11 is 6.18. The largest absolute Gasteiger partial charge is 0.399 e. The summed E-state index contributed by atoms with van der Waals surface area (Å²) in [5.74, 6) is 0.975. The monoisotopic (exact) mass is 307 g/mol. The molecule has 3 rings (SSSR count). The zero-order valence-electron chi connectivity index (χ0n) is 11.9. The Bertz CT molecular complexity index is 636. The van der Waals surface area contributed by atoms with E-state index in [0.717, 1.165) is 25.7 Å². The molecule has 0 atom stereocenters. The molecule has 1 fully saturated rings. The van der Waals surface area contributed by atoms with Crippen molar-refractivity contribution in [2.45, 2.75) is 37.7 Å². The Balaban J connectivity index is 1.97. The molecule has 112 valence electrons. The third-order valence-electron chi connectivity index (χ3n) is 4.11. The van der Waals surface area contributed by atoms with Crippen LogP contribution in [0.3, 0.4) is 0 Å². The normalized spacial score (nSPS) is 17.8. The predicted molar refractivity (Wildman–Crippen MR) is 80.9 cm³/mol. The second kappa shape index (κ2) is 5.66. The maximum atomic E-state index is 6.18. The second-order valence-corrected chi connectivity index (χ2v) is 5.83. The lowest BCUT2D eigenvalue weighted by Crippen LogP contribution is -2.32. The topological polar surface area (TPSA) is 74.2 Å². The fourth-order valence-electron chi connectivity index (χ4n) is 2.87. The number of ether oxygens (including phenoxy) is 1. The van der Waals surface area contributed by atoms with Crippen molar-refractivity contribution in [1.82, 2.24) is 10.1 Å². The minimum Gasteiger partial charge on any atom is -0.399 e. The smallest absolute Gasteiger partial charge is 0.259 e. The van der Waals surface area contributed by atoms with Gasteiger partial charge in [0.25, 0.3) is 5.89 Å². The molecule has 0 amide bonds. The van der Waals surface area contributed by atoms with Crippen molar-refractivity contribution < 1.29 is 9.26 Å². The van der Waals surface area contributed by atoms with Crippen LogP contribution < -0.4 is 5.73 Å². The molecule has 21 heavy (non-hydrogen) atoms. The van der Waals surface area contributed by atoms with E-state index in [9.17, 15) is 0 Å². The summed E-state index contributed by atoms with van der Waals surface area (Å²) in [4.78, 5) is 4.51. The van der Waals surface area contributed by atoms with Gasteiger partial charge in [0.15, 0.2) is 0 Å². The van der Waals surface area contributed by atoms with Crippen LogP contribution in [0, 0.1) is 0 Å². The molecule has 1 aromatic carbocycles. The lowest BCUT2D eigenvalue weighted by atomic mass is 9.84. The van der Waals surface area contributed by atoms with E-state index in [1.807, 2.05) is 0 Å². The third kappa shape index (κ3) is 2.63. The van der Waals surface area contributed by atoms with E-state index in [1.165, 1.54) is 6.42 Å². The van der Waals surface area contributed by atoms with Crippen LogP contribution in [0.2, 0.25) is 5.02 Å². The highest BCUT2D eigenvalue weighted by Gasteiger charge is 2.38. The number of hydrogen-bond donors (Lipinski definition) is 1. The summed E-state index contributed by atoms with van der Waals surface area (Å²) in [5, 5.41) is 4.66. The maximum Gasteiger partial charge on any atom is 0.259 e. The number of nitrogens with zero attached hydrogens (tertiary/aromatic N) is 2. The minimum absolute atomic E-state index is 0.379. The molecule has 0 unspecified atom stereocenters. The van der Waals surface area contributed by atoms with Crippen LogP contribution in [0.4, 0.5) is 5.69 Å². The quantitative estimate of drug-likeness (QED) is 0.873. The minimum atomic E-state index is -0.438. The molecule has 1 aliphatic rings. The number of nitrogens with two attached hydrogens (primary N) is 1. The van der Waals surface area contributed by atoms with Gasteiger partial charge in [-0.3, -0.25) is 0 Å². The van der Waals surface area contributed by atoms with Crippen molar-refractivity contribution in [3.63, 3.8) is 0 Å². The standard InChI is InChI=1S/C15H18ClN3O2/c1-20-15(7-3-2-4-8-15)14-18-13(21-19-14)11-9-10(17)5-6-12(11)16/h5-6,9H,2-4,7-8,17H2,1H3. The first kappa shape index (κ1) is 14.4. The summed E-state index contributed by atoms with van der Waals surface area (Å²) in [5.41, 5.74) is 6.61. The van der Waals surface area contributed by atoms with Gasteiger partial charge in [-0.2, -0.15) is 4.98 Å². The van der Waals surface area contributed by atoms with Crippen LogP contribution in [0.15, 0.2) is 22.7 Å². The fraction of sp³-hybridized carbons (Fsp3) is 0.467. The van der Waals surface area contributed by atoms with Crippen LogP contribution in [-0.2, 0) is 10.3 Å². The van der Waals surface area contributed by atoms with Gasteiger partial charge in [-0.05, 0) is 31.0 Å². The van der Waals surface area contributed by atoms with Crippen molar-refractivity contribution in [3.05, 3.63) is 29.0 Å². The number of anilines is 1. The summed E-state index contributed by atoms with van der Waals surface area (Å²) in [6.45, 7) is 0. The van der Waals surface area contributed by atoms with Crippen molar-refractivity contribution >= 4 is 17.3 Å². The van der Waals surface area contributed by atoms with Gasteiger partial charge in [0.2, 0.25) is 5.82 Å². The van der Waals surface area contributed by atoms with E-state index >= 15 is 0 Å². The average Bonchev–Trinajstić information content (AvgIpc) is 3.00. The zero-order chi connectivity index (χ0) is 14.9.